The van der Waals surface area contributed by atoms with Gasteiger partial charge in [0.2, 0.25) is 0 Å². The summed E-state index contributed by atoms with van der Waals surface area (Å²) in [4.78, 5) is 23.0. The summed E-state index contributed by atoms with van der Waals surface area (Å²) in [7, 11) is 0. The number of hydrogen-bond donors (Lipinski definition) is 1. The van der Waals surface area contributed by atoms with Crippen LogP contribution in [0.15, 0.2) is 12.3 Å². The van der Waals surface area contributed by atoms with Gasteiger partial charge in [-0.15, -0.1) is 0 Å². The van der Waals surface area contributed by atoms with E-state index in [-0.39, 0.29) is 12.1 Å². The van der Waals surface area contributed by atoms with Gasteiger partial charge >= 0.3 is 6.03 Å². The van der Waals surface area contributed by atoms with Crippen molar-refractivity contribution in [3.8, 4) is 0 Å². The fourth-order valence-corrected chi connectivity index (χ4v) is 3.04. The molecule has 0 spiro atoms. The van der Waals surface area contributed by atoms with Crippen molar-refractivity contribution in [2.45, 2.75) is 65.3 Å². The summed E-state index contributed by atoms with van der Waals surface area (Å²) in [6, 6.07) is 2.33. The number of aromatic nitrogens is 2. The topological polar surface area (TPSA) is 58.1 Å². The lowest BCUT2D eigenvalue weighted by molar-refractivity contribution is 0.177. The van der Waals surface area contributed by atoms with Crippen molar-refractivity contribution in [2.75, 3.05) is 13.1 Å². The minimum Gasteiger partial charge on any atom is -0.336 e. The fraction of sp³-hybridized carbons (Fsp3) is 0.722. The van der Waals surface area contributed by atoms with Crippen LogP contribution >= 0.6 is 0 Å². The van der Waals surface area contributed by atoms with Crippen LogP contribution in [0.5, 0.6) is 0 Å². The van der Waals surface area contributed by atoms with Gasteiger partial charge in [-0.05, 0) is 51.5 Å². The maximum Gasteiger partial charge on any atom is 0.317 e. The molecule has 2 heterocycles. The zero-order valence-electron chi connectivity index (χ0n) is 14.9. The number of urea groups is 1. The van der Waals surface area contributed by atoms with Crippen molar-refractivity contribution in [1.82, 2.24) is 20.2 Å². The molecule has 2 rings (SSSR count). The third-order valence-corrected chi connectivity index (χ3v) is 4.54. The second-order valence-corrected chi connectivity index (χ2v) is 7.11. The van der Waals surface area contributed by atoms with Gasteiger partial charge in [0.1, 0.15) is 5.82 Å². The summed E-state index contributed by atoms with van der Waals surface area (Å²) in [5.74, 6) is 1.95. The van der Waals surface area contributed by atoms with E-state index >= 15 is 0 Å². The Labute approximate surface area is 139 Å². The lowest BCUT2D eigenvalue weighted by Gasteiger charge is -2.32. The molecule has 1 aliphatic rings. The highest BCUT2D eigenvalue weighted by Gasteiger charge is 2.25. The van der Waals surface area contributed by atoms with Crippen LogP contribution in [-0.2, 0) is 0 Å². The van der Waals surface area contributed by atoms with Gasteiger partial charge in [0.05, 0.1) is 0 Å². The van der Waals surface area contributed by atoms with E-state index in [4.69, 9.17) is 0 Å². The molecule has 0 aliphatic carbocycles. The van der Waals surface area contributed by atoms with E-state index in [0.717, 1.165) is 50.3 Å². The van der Waals surface area contributed by atoms with E-state index in [0.29, 0.717) is 11.8 Å². The number of hydrogen-bond acceptors (Lipinski definition) is 3. The number of amides is 2. The Morgan fingerprint density at radius 1 is 1.30 bits per heavy atom. The van der Waals surface area contributed by atoms with Crippen LogP contribution in [0.2, 0.25) is 0 Å². The molecule has 1 unspecified atom stereocenters. The average Bonchev–Trinajstić information content (AvgIpc) is 2.53. The Morgan fingerprint density at radius 2 is 2.00 bits per heavy atom. The average molecular weight is 318 g/mol. The van der Waals surface area contributed by atoms with E-state index in [9.17, 15) is 4.79 Å². The zero-order chi connectivity index (χ0) is 16.8. The number of rotatable bonds is 5. The highest BCUT2D eigenvalue weighted by Crippen LogP contribution is 2.26. The van der Waals surface area contributed by atoms with Gasteiger partial charge in [0.25, 0.3) is 0 Å². The van der Waals surface area contributed by atoms with Crippen molar-refractivity contribution in [3.63, 3.8) is 0 Å². The van der Waals surface area contributed by atoms with Crippen LogP contribution in [0.1, 0.15) is 63.9 Å². The van der Waals surface area contributed by atoms with Crippen molar-refractivity contribution >= 4 is 6.03 Å². The number of aryl methyl sites for hydroxylation is 1. The summed E-state index contributed by atoms with van der Waals surface area (Å²) in [5.41, 5.74) is 1.11. The van der Waals surface area contributed by atoms with Crippen molar-refractivity contribution in [3.05, 3.63) is 23.8 Å². The van der Waals surface area contributed by atoms with Gasteiger partial charge in [0.15, 0.2) is 0 Å². The maximum absolute atomic E-state index is 12.3. The highest BCUT2D eigenvalue weighted by molar-refractivity contribution is 5.74. The van der Waals surface area contributed by atoms with Crippen LogP contribution < -0.4 is 5.32 Å². The molecule has 1 N–H and O–H groups in total. The molecule has 1 aromatic heterocycles. The first-order valence-corrected chi connectivity index (χ1v) is 8.80. The van der Waals surface area contributed by atoms with Crippen molar-refractivity contribution in [1.29, 1.82) is 0 Å². The maximum atomic E-state index is 12.3. The Bertz CT molecular complexity index is 509. The fourth-order valence-electron chi connectivity index (χ4n) is 3.04. The number of carbonyl (C=O) groups excluding carboxylic acids is 1. The van der Waals surface area contributed by atoms with Crippen LogP contribution in [0.4, 0.5) is 4.79 Å². The Hall–Kier alpha value is -1.65. The molecule has 1 fully saturated rings. The summed E-state index contributed by atoms with van der Waals surface area (Å²) in [5, 5.41) is 3.13. The molecule has 5 heteroatoms. The van der Waals surface area contributed by atoms with Gasteiger partial charge in [-0.1, -0.05) is 13.8 Å². The van der Waals surface area contributed by atoms with Crippen LogP contribution in [0, 0.1) is 12.8 Å². The first-order chi connectivity index (χ1) is 11.0. The number of likely N-dealkylation sites (tertiary alicyclic amines) is 1. The van der Waals surface area contributed by atoms with Gasteiger partial charge in [0, 0.05) is 36.9 Å². The van der Waals surface area contributed by atoms with Crippen LogP contribution in [0.3, 0.4) is 0 Å². The number of piperidine rings is 1. The molecule has 1 aromatic rings. The Morgan fingerprint density at radius 3 is 2.61 bits per heavy atom. The van der Waals surface area contributed by atoms with E-state index < -0.39 is 0 Å². The molecular weight excluding hydrogens is 288 g/mol. The quantitative estimate of drug-likeness (QED) is 0.904. The lowest BCUT2D eigenvalue weighted by atomic mass is 9.93. The number of nitrogens with one attached hydrogen (secondary N) is 1. The van der Waals surface area contributed by atoms with E-state index in [1.165, 1.54) is 0 Å². The first-order valence-electron chi connectivity index (χ1n) is 8.80. The molecule has 23 heavy (non-hydrogen) atoms. The van der Waals surface area contributed by atoms with E-state index in [1.807, 2.05) is 24.1 Å². The molecule has 2 amide bonds. The first kappa shape index (κ1) is 17.7. The molecule has 0 aromatic carbocycles. The van der Waals surface area contributed by atoms with Crippen LogP contribution in [-0.4, -0.2) is 40.0 Å². The molecule has 0 bridgehead atoms. The SMILES string of the molecule is Cc1nccc(C2CCN(C(=O)NC(C)CCC(C)C)CC2)n1. The zero-order valence-corrected chi connectivity index (χ0v) is 14.9. The minimum atomic E-state index is 0.0820. The number of nitrogens with zero attached hydrogens (tertiary/aromatic N) is 3. The molecular formula is C18H30N4O. The number of carbonyl (C=O) groups is 1. The predicted molar refractivity (Wildman–Crippen MR) is 92.4 cm³/mol. The van der Waals surface area contributed by atoms with E-state index in [1.54, 1.807) is 0 Å². The molecule has 1 saturated heterocycles. The van der Waals surface area contributed by atoms with Crippen molar-refractivity contribution in [2.24, 2.45) is 5.92 Å². The monoisotopic (exact) mass is 318 g/mol. The Kier molecular flexibility index (Phi) is 6.37. The lowest BCUT2D eigenvalue weighted by Crippen LogP contribution is -2.47. The highest BCUT2D eigenvalue weighted by atomic mass is 16.2. The standard InChI is InChI=1S/C18H30N4O/c1-13(2)5-6-14(3)20-18(23)22-11-8-16(9-12-22)17-7-10-19-15(4)21-17/h7,10,13-14,16H,5-6,8-9,11-12H2,1-4H3,(H,20,23). The van der Waals surface area contributed by atoms with Gasteiger partial charge in [-0.3, -0.25) is 0 Å². The second kappa shape index (κ2) is 8.27. The summed E-state index contributed by atoms with van der Waals surface area (Å²) in [6.07, 6.45) is 5.97. The second-order valence-electron chi connectivity index (χ2n) is 7.11. The minimum absolute atomic E-state index is 0.0820. The van der Waals surface area contributed by atoms with Gasteiger partial charge in [-0.2, -0.15) is 0 Å². The molecule has 0 radical (unpaired) electrons. The molecule has 0 saturated carbocycles. The normalized spacial score (nSPS) is 17.3. The summed E-state index contributed by atoms with van der Waals surface area (Å²) in [6.45, 7) is 10.1. The molecule has 1 atom stereocenters. The predicted octanol–water partition coefficient (Wildman–Crippen LogP) is 3.50. The summed E-state index contributed by atoms with van der Waals surface area (Å²) < 4.78 is 0. The third-order valence-electron chi connectivity index (χ3n) is 4.54. The molecule has 1 aliphatic heterocycles. The molecule has 128 valence electrons. The van der Waals surface area contributed by atoms with Gasteiger partial charge < -0.3 is 10.2 Å². The third kappa shape index (κ3) is 5.48. The van der Waals surface area contributed by atoms with Gasteiger partial charge in [-0.25, -0.2) is 14.8 Å². The smallest absolute Gasteiger partial charge is 0.317 e. The van der Waals surface area contributed by atoms with Crippen LogP contribution in [0.25, 0.3) is 0 Å². The summed E-state index contributed by atoms with van der Waals surface area (Å²) >= 11 is 0. The molecule has 5 nitrogen and oxygen atoms in total. The van der Waals surface area contributed by atoms with Crippen molar-refractivity contribution < 1.29 is 4.79 Å². The van der Waals surface area contributed by atoms with E-state index in [2.05, 4.69) is 36.1 Å². The Balaban J connectivity index is 1.78. The largest absolute Gasteiger partial charge is 0.336 e.